The minimum atomic E-state index is -1.52. The number of nitrogens with zero attached hydrogens (tertiary/aromatic N) is 3. The number of carbonyl (C=O) groups excluding carboxylic acids is 2. The fourth-order valence-corrected chi connectivity index (χ4v) is 6.48. The van der Waals surface area contributed by atoms with Gasteiger partial charge in [-0.2, -0.15) is 0 Å². The Morgan fingerprint density at radius 3 is 2.40 bits per heavy atom. The quantitative estimate of drug-likeness (QED) is 0.126. The number of nitrogens with one attached hydrogen (secondary N) is 4. The molecular formula is C36H33F2N7O6S. The summed E-state index contributed by atoms with van der Waals surface area (Å²) in [5.74, 6) is -4.68. The molecule has 13 nitrogen and oxygen atoms in total. The average Bonchev–Trinajstić information content (AvgIpc) is 3.15. The summed E-state index contributed by atoms with van der Waals surface area (Å²) in [6.07, 6.45) is 4.15. The number of carboxylic acids is 1. The van der Waals surface area contributed by atoms with Gasteiger partial charge in [-0.1, -0.05) is 12.1 Å². The van der Waals surface area contributed by atoms with Crippen LogP contribution in [0, 0.1) is 17.6 Å². The van der Waals surface area contributed by atoms with E-state index in [1.54, 1.807) is 24.3 Å². The van der Waals surface area contributed by atoms with Gasteiger partial charge in [-0.25, -0.2) is 22.9 Å². The molecule has 52 heavy (non-hydrogen) atoms. The number of benzene rings is 3. The van der Waals surface area contributed by atoms with Crippen molar-refractivity contribution in [3.63, 3.8) is 0 Å². The fourth-order valence-electron chi connectivity index (χ4n) is 5.82. The summed E-state index contributed by atoms with van der Waals surface area (Å²) in [6.45, 7) is 1.59. The van der Waals surface area contributed by atoms with Crippen molar-refractivity contribution in [2.45, 2.75) is 30.2 Å². The molecule has 2 amide bonds. The highest BCUT2D eigenvalue weighted by atomic mass is 32.2. The van der Waals surface area contributed by atoms with Gasteiger partial charge in [0.25, 0.3) is 11.5 Å². The number of piperidine rings is 1. The van der Waals surface area contributed by atoms with Crippen LogP contribution in [-0.4, -0.2) is 56.1 Å². The van der Waals surface area contributed by atoms with E-state index in [0.29, 0.717) is 27.7 Å². The summed E-state index contributed by atoms with van der Waals surface area (Å²) < 4.78 is 35.1. The van der Waals surface area contributed by atoms with Crippen LogP contribution in [0.2, 0.25) is 0 Å². The van der Waals surface area contributed by atoms with Gasteiger partial charge in [0.1, 0.15) is 17.7 Å². The Balaban J connectivity index is 1.08. The third-order valence-corrected chi connectivity index (χ3v) is 9.55. The number of rotatable bonds is 11. The Bertz CT molecular complexity index is 2270. The molecule has 1 fully saturated rings. The van der Waals surface area contributed by atoms with Crippen molar-refractivity contribution in [1.29, 1.82) is 0 Å². The highest BCUT2D eigenvalue weighted by molar-refractivity contribution is 8.00. The van der Waals surface area contributed by atoms with Crippen molar-refractivity contribution >= 4 is 52.0 Å². The maximum atomic E-state index is 15.1. The minimum absolute atomic E-state index is 0.0467. The highest BCUT2D eigenvalue weighted by Gasteiger charge is 2.25. The van der Waals surface area contributed by atoms with Crippen molar-refractivity contribution < 1.29 is 28.3 Å². The first kappa shape index (κ1) is 35.9. The molecule has 0 bridgehead atoms. The fraction of sp³-hybridized carbons (Fsp3) is 0.222. The van der Waals surface area contributed by atoms with E-state index in [-0.39, 0.29) is 35.0 Å². The second kappa shape index (κ2) is 15.6. The zero-order valence-electron chi connectivity index (χ0n) is 27.7. The largest absolute Gasteiger partial charge is 0.480 e. The van der Waals surface area contributed by atoms with Crippen LogP contribution in [0.5, 0.6) is 0 Å². The van der Waals surface area contributed by atoms with Gasteiger partial charge in [-0.3, -0.25) is 23.9 Å². The van der Waals surface area contributed by atoms with E-state index in [4.69, 9.17) is 0 Å². The first-order chi connectivity index (χ1) is 25.0. The van der Waals surface area contributed by atoms with Gasteiger partial charge in [-0.15, -0.1) is 0 Å². The molecule has 3 aromatic carbocycles. The number of pyridine rings is 1. The Hall–Kier alpha value is -5.87. The van der Waals surface area contributed by atoms with Crippen molar-refractivity contribution in [2.75, 3.05) is 23.1 Å². The lowest BCUT2D eigenvalue weighted by Gasteiger charge is -2.21. The van der Waals surface area contributed by atoms with Crippen molar-refractivity contribution in [3.8, 4) is 5.69 Å². The molecule has 2 aromatic heterocycles. The summed E-state index contributed by atoms with van der Waals surface area (Å²) in [5.41, 5.74) is -0.453. The van der Waals surface area contributed by atoms with Crippen LogP contribution >= 0.6 is 11.9 Å². The molecule has 0 aliphatic carbocycles. The lowest BCUT2D eigenvalue weighted by atomic mass is 9.97. The topological polar surface area (TPSA) is 176 Å². The minimum Gasteiger partial charge on any atom is -0.480 e. The monoisotopic (exact) mass is 729 g/mol. The Morgan fingerprint density at radius 2 is 1.71 bits per heavy atom. The number of carboxylic acid groups (broad SMARTS) is 1. The van der Waals surface area contributed by atoms with Gasteiger partial charge < -0.3 is 25.8 Å². The van der Waals surface area contributed by atoms with Crippen LogP contribution in [0.3, 0.4) is 0 Å². The molecule has 1 unspecified atom stereocenters. The van der Waals surface area contributed by atoms with Gasteiger partial charge >= 0.3 is 11.7 Å². The van der Waals surface area contributed by atoms with Crippen LogP contribution in [-0.2, 0) is 23.1 Å². The number of fused-ring (bicyclic) bond motifs is 1. The zero-order chi connectivity index (χ0) is 36.9. The van der Waals surface area contributed by atoms with Gasteiger partial charge in [0.15, 0.2) is 0 Å². The highest BCUT2D eigenvalue weighted by Crippen LogP contribution is 2.27. The molecular weight excluding hydrogens is 697 g/mol. The van der Waals surface area contributed by atoms with Gasteiger partial charge in [0.2, 0.25) is 5.91 Å². The third-order valence-electron chi connectivity index (χ3n) is 8.72. The molecule has 1 aliphatic heterocycles. The average molecular weight is 730 g/mol. The predicted molar refractivity (Wildman–Crippen MR) is 192 cm³/mol. The van der Waals surface area contributed by atoms with E-state index in [0.717, 1.165) is 48.5 Å². The van der Waals surface area contributed by atoms with Gasteiger partial charge in [-0.05, 0) is 92.0 Å². The van der Waals surface area contributed by atoms with E-state index in [2.05, 4.69) is 25.7 Å². The smallest absolute Gasteiger partial charge is 0.335 e. The molecule has 5 aromatic rings. The van der Waals surface area contributed by atoms with E-state index < -0.39 is 46.4 Å². The van der Waals surface area contributed by atoms with Crippen LogP contribution in [0.25, 0.3) is 16.6 Å². The van der Waals surface area contributed by atoms with E-state index >= 15 is 8.78 Å². The number of carbonyl (C=O) groups is 3. The molecule has 16 heteroatoms. The normalized spacial score (nSPS) is 13.8. The molecule has 0 saturated carbocycles. The lowest BCUT2D eigenvalue weighted by molar-refractivity contribution is -0.139. The van der Waals surface area contributed by atoms with E-state index in [1.807, 2.05) is 0 Å². The SMILES string of the molecule is Cn1c(=O)n(-c2ccc(CC(NC(=O)c3cc(F)c(NSc4ccc(NC(=O)C5CCNCC5)cc4)cc3F)C(=O)O)cc2)c(=O)c2ccncc21. The maximum Gasteiger partial charge on any atom is 0.335 e. The number of halogens is 2. The standard InChI is InChI=1S/C36H33F2N7O6S/c1-44-31-19-40-15-12-25(31)34(48)45(36(44)51)23-6-2-20(3-7-23)16-30(35(49)50)42-33(47)26-17-28(38)29(18-27(26)37)43-52-24-8-4-22(5-9-24)41-32(46)21-10-13-39-14-11-21/h2-9,12,15,17-19,21,30,39,43H,10-11,13-14,16H2,1H3,(H,41,46)(H,42,47)(H,49,50). The molecule has 6 rings (SSSR count). The predicted octanol–water partition coefficient (Wildman–Crippen LogP) is 3.85. The Labute approximate surface area is 299 Å². The van der Waals surface area contributed by atoms with Crippen LogP contribution in [0.1, 0.15) is 28.8 Å². The number of aromatic nitrogens is 3. The number of hydrogen-bond donors (Lipinski definition) is 5. The number of anilines is 2. The lowest BCUT2D eigenvalue weighted by Crippen LogP contribution is -2.42. The van der Waals surface area contributed by atoms with Crippen molar-refractivity contribution in [3.05, 3.63) is 123 Å². The number of amides is 2. The summed E-state index contributed by atoms with van der Waals surface area (Å²) in [6, 6.07) is 14.2. The zero-order valence-corrected chi connectivity index (χ0v) is 28.5. The number of aryl methyl sites for hydroxylation is 1. The van der Waals surface area contributed by atoms with Gasteiger partial charge in [0, 0.05) is 42.2 Å². The Morgan fingerprint density at radius 1 is 1.00 bits per heavy atom. The molecule has 5 N–H and O–H groups in total. The molecule has 1 saturated heterocycles. The molecule has 0 radical (unpaired) electrons. The van der Waals surface area contributed by atoms with Crippen LogP contribution in [0.15, 0.2) is 93.6 Å². The molecule has 3 heterocycles. The van der Waals surface area contributed by atoms with Crippen molar-refractivity contribution in [1.82, 2.24) is 24.8 Å². The van der Waals surface area contributed by atoms with Crippen LogP contribution < -0.4 is 31.9 Å². The van der Waals surface area contributed by atoms with Crippen molar-refractivity contribution in [2.24, 2.45) is 13.0 Å². The summed E-state index contributed by atoms with van der Waals surface area (Å²) in [4.78, 5) is 68.2. The second-order valence-corrected chi connectivity index (χ2v) is 13.0. The second-order valence-electron chi connectivity index (χ2n) is 12.2. The molecule has 0 spiro atoms. The Kier molecular flexibility index (Phi) is 10.8. The summed E-state index contributed by atoms with van der Waals surface area (Å²) in [7, 11) is 1.51. The number of hydrogen-bond acceptors (Lipinski definition) is 9. The first-order valence-corrected chi connectivity index (χ1v) is 17.0. The van der Waals surface area contributed by atoms with Gasteiger partial charge in [0.05, 0.1) is 34.0 Å². The number of aliphatic carboxylic acids is 1. The molecule has 1 atom stereocenters. The summed E-state index contributed by atoms with van der Waals surface area (Å²) in [5, 5.41) is 18.5. The first-order valence-electron chi connectivity index (χ1n) is 16.2. The van der Waals surface area contributed by atoms with E-state index in [9.17, 15) is 29.1 Å². The van der Waals surface area contributed by atoms with Crippen LogP contribution in [0.4, 0.5) is 20.2 Å². The van der Waals surface area contributed by atoms with E-state index in [1.165, 1.54) is 54.3 Å². The molecule has 1 aliphatic rings. The maximum absolute atomic E-state index is 15.1. The summed E-state index contributed by atoms with van der Waals surface area (Å²) >= 11 is 0.988. The third kappa shape index (κ3) is 7.87. The molecule has 268 valence electrons.